The van der Waals surface area contributed by atoms with Crippen LogP contribution in [0.2, 0.25) is 0 Å². The molecule has 1 aliphatic carbocycles. The fraction of sp³-hybridized carbons (Fsp3) is 0.133. The van der Waals surface area contributed by atoms with Gasteiger partial charge in [0.15, 0.2) is 5.78 Å². The van der Waals surface area contributed by atoms with Crippen molar-refractivity contribution in [2.45, 2.75) is 11.3 Å². The minimum atomic E-state index is 0.165. The van der Waals surface area contributed by atoms with Crippen molar-refractivity contribution in [3.63, 3.8) is 0 Å². The summed E-state index contributed by atoms with van der Waals surface area (Å²) in [5.41, 5.74) is 4.02. The van der Waals surface area contributed by atoms with Gasteiger partial charge in [-0.2, -0.15) is 0 Å². The van der Waals surface area contributed by atoms with Gasteiger partial charge in [0.25, 0.3) is 0 Å². The predicted molar refractivity (Wildman–Crippen MR) is 70.9 cm³/mol. The van der Waals surface area contributed by atoms with Crippen LogP contribution >= 0.6 is 11.8 Å². The summed E-state index contributed by atoms with van der Waals surface area (Å²) in [6.45, 7) is 0. The van der Waals surface area contributed by atoms with Crippen LogP contribution in [-0.2, 0) is 6.42 Å². The predicted octanol–water partition coefficient (Wildman–Crippen LogP) is 3.54. The van der Waals surface area contributed by atoms with E-state index in [4.69, 9.17) is 0 Å². The third-order valence-electron chi connectivity index (χ3n) is 3.20. The number of rotatable bonds is 1. The van der Waals surface area contributed by atoms with Gasteiger partial charge in [0.2, 0.25) is 0 Å². The molecule has 0 radical (unpaired) electrons. The molecule has 0 saturated heterocycles. The maximum absolute atomic E-state index is 12.4. The Morgan fingerprint density at radius 1 is 1.00 bits per heavy atom. The van der Waals surface area contributed by atoms with E-state index < -0.39 is 0 Å². The molecule has 0 spiro atoms. The maximum atomic E-state index is 12.4. The monoisotopic (exact) mass is 240 g/mol. The molecule has 0 saturated carbocycles. The number of carbonyl (C=O) groups excluding carboxylic acids is 1. The quantitative estimate of drug-likeness (QED) is 0.605. The van der Waals surface area contributed by atoms with E-state index in [0.29, 0.717) is 0 Å². The van der Waals surface area contributed by atoms with E-state index in [1.54, 1.807) is 11.8 Å². The highest BCUT2D eigenvalue weighted by atomic mass is 32.2. The Hall–Kier alpha value is -1.54. The van der Waals surface area contributed by atoms with Gasteiger partial charge < -0.3 is 0 Å². The van der Waals surface area contributed by atoms with Crippen LogP contribution in [0, 0.1) is 0 Å². The van der Waals surface area contributed by atoms with Crippen LogP contribution in [-0.4, -0.2) is 12.0 Å². The molecule has 0 unspecified atom stereocenters. The standard InChI is InChI=1S/C15H12OS/c1-17-12-7-6-11-8-10-4-2-3-5-13(10)15(16)14(11)9-12/h2-7,9H,8H2,1H3. The second-order valence-corrected chi connectivity index (χ2v) is 5.07. The first-order chi connectivity index (χ1) is 8.29. The first kappa shape index (κ1) is 10.6. The van der Waals surface area contributed by atoms with Crippen LogP contribution < -0.4 is 0 Å². The molecule has 3 rings (SSSR count). The van der Waals surface area contributed by atoms with E-state index >= 15 is 0 Å². The zero-order valence-electron chi connectivity index (χ0n) is 9.57. The molecule has 0 aliphatic heterocycles. The van der Waals surface area contributed by atoms with Crippen LogP contribution in [0.5, 0.6) is 0 Å². The number of fused-ring (bicyclic) bond motifs is 2. The molecule has 2 aromatic rings. The van der Waals surface area contributed by atoms with Crippen molar-refractivity contribution in [2.24, 2.45) is 0 Å². The number of thioether (sulfide) groups is 1. The van der Waals surface area contributed by atoms with Gasteiger partial charge in [-0.05, 0) is 35.9 Å². The van der Waals surface area contributed by atoms with E-state index in [9.17, 15) is 4.79 Å². The lowest BCUT2D eigenvalue weighted by atomic mass is 9.85. The third kappa shape index (κ3) is 1.69. The van der Waals surface area contributed by atoms with Crippen molar-refractivity contribution in [3.05, 3.63) is 64.7 Å². The molecule has 0 fully saturated rings. The van der Waals surface area contributed by atoms with Gasteiger partial charge in [0, 0.05) is 16.0 Å². The highest BCUT2D eigenvalue weighted by Gasteiger charge is 2.22. The van der Waals surface area contributed by atoms with Gasteiger partial charge in [0.05, 0.1) is 0 Å². The second-order valence-electron chi connectivity index (χ2n) is 4.19. The summed E-state index contributed by atoms with van der Waals surface area (Å²) < 4.78 is 0. The summed E-state index contributed by atoms with van der Waals surface area (Å²) in [5.74, 6) is 0.165. The molecule has 1 nitrogen and oxygen atoms in total. The second kappa shape index (κ2) is 4.04. The van der Waals surface area contributed by atoms with Crippen molar-refractivity contribution in [1.82, 2.24) is 0 Å². The molecule has 2 heteroatoms. The molecule has 2 aromatic carbocycles. The SMILES string of the molecule is CSc1ccc2c(c1)C(=O)c1ccccc1C2. The summed E-state index contributed by atoms with van der Waals surface area (Å²) >= 11 is 1.67. The Bertz CT molecular complexity index is 602. The van der Waals surface area contributed by atoms with Gasteiger partial charge in [-0.1, -0.05) is 30.3 Å². The minimum absolute atomic E-state index is 0.165. The summed E-state index contributed by atoms with van der Waals surface area (Å²) in [5, 5.41) is 0. The fourth-order valence-electron chi connectivity index (χ4n) is 2.29. The smallest absolute Gasteiger partial charge is 0.193 e. The zero-order valence-corrected chi connectivity index (χ0v) is 10.4. The van der Waals surface area contributed by atoms with Crippen molar-refractivity contribution in [1.29, 1.82) is 0 Å². The molecular weight excluding hydrogens is 228 g/mol. The number of carbonyl (C=O) groups is 1. The number of benzene rings is 2. The van der Waals surface area contributed by atoms with Gasteiger partial charge in [0.1, 0.15) is 0 Å². The highest BCUT2D eigenvalue weighted by molar-refractivity contribution is 7.98. The summed E-state index contributed by atoms with van der Waals surface area (Å²) in [6.07, 6.45) is 2.90. The molecule has 0 amide bonds. The first-order valence-electron chi connectivity index (χ1n) is 5.59. The van der Waals surface area contributed by atoms with Crippen LogP contribution in [0.4, 0.5) is 0 Å². The Kier molecular flexibility index (Phi) is 2.52. The van der Waals surface area contributed by atoms with E-state index in [-0.39, 0.29) is 5.78 Å². The lowest BCUT2D eigenvalue weighted by Gasteiger charge is -2.18. The minimum Gasteiger partial charge on any atom is -0.289 e. The molecule has 0 aromatic heterocycles. The third-order valence-corrected chi connectivity index (χ3v) is 3.93. The zero-order chi connectivity index (χ0) is 11.8. The van der Waals surface area contributed by atoms with Crippen LogP contribution in [0.1, 0.15) is 27.0 Å². The molecular formula is C15H12OS. The van der Waals surface area contributed by atoms with E-state index in [1.807, 2.05) is 36.6 Å². The van der Waals surface area contributed by atoms with Crippen molar-refractivity contribution < 1.29 is 4.79 Å². The fourth-order valence-corrected chi connectivity index (χ4v) is 2.73. The summed E-state index contributed by atoms with van der Waals surface area (Å²) in [4.78, 5) is 13.5. The van der Waals surface area contributed by atoms with Gasteiger partial charge >= 0.3 is 0 Å². The Morgan fingerprint density at radius 2 is 1.76 bits per heavy atom. The van der Waals surface area contributed by atoms with E-state index in [1.165, 1.54) is 0 Å². The largest absolute Gasteiger partial charge is 0.289 e. The topological polar surface area (TPSA) is 17.1 Å². The van der Waals surface area contributed by atoms with E-state index in [2.05, 4.69) is 12.1 Å². The Morgan fingerprint density at radius 3 is 2.59 bits per heavy atom. The van der Waals surface area contributed by atoms with Gasteiger partial charge in [-0.3, -0.25) is 4.79 Å². The molecule has 0 heterocycles. The number of ketones is 1. The highest BCUT2D eigenvalue weighted by Crippen LogP contribution is 2.29. The van der Waals surface area contributed by atoms with Crippen molar-refractivity contribution in [2.75, 3.05) is 6.26 Å². The molecule has 1 aliphatic rings. The lowest BCUT2D eigenvalue weighted by molar-refractivity contribution is 0.103. The lowest BCUT2D eigenvalue weighted by Crippen LogP contribution is -2.14. The Labute approximate surface area is 105 Å². The number of hydrogen-bond acceptors (Lipinski definition) is 2. The van der Waals surface area contributed by atoms with E-state index in [0.717, 1.165) is 33.6 Å². The molecule has 0 bridgehead atoms. The van der Waals surface area contributed by atoms with Crippen LogP contribution in [0.3, 0.4) is 0 Å². The van der Waals surface area contributed by atoms with Gasteiger partial charge in [-0.15, -0.1) is 11.8 Å². The van der Waals surface area contributed by atoms with Crippen molar-refractivity contribution >= 4 is 17.5 Å². The molecule has 0 atom stereocenters. The maximum Gasteiger partial charge on any atom is 0.193 e. The molecule has 0 N–H and O–H groups in total. The average Bonchev–Trinajstić information content (AvgIpc) is 2.39. The average molecular weight is 240 g/mol. The first-order valence-corrected chi connectivity index (χ1v) is 6.81. The summed E-state index contributed by atoms with van der Waals surface area (Å²) in [6, 6.07) is 14.1. The normalized spacial score (nSPS) is 13.1. The number of hydrogen-bond donors (Lipinski definition) is 0. The van der Waals surface area contributed by atoms with Crippen LogP contribution in [0.15, 0.2) is 47.4 Å². The van der Waals surface area contributed by atoms with Crippen LogP contribution in [0.25, 0.3) is 0 Å². The molecule has 17 heavy (non-hydrogen) atoms. The summed E-state index contributed by atoms with van der Waals surface area (Å²) in [7, 11) is 0. The molecule has 84 valence electrons. The Balaban J connectivity index is 2.17. The van der Waals surface area contributed by atoms with Gasteiger partial charge in [-0.25, -0.2) is 0 Å². The van der Waals surface area contributed by atoms with Crippen molar-refractivity contribution in [3.8, 4) is 0 Å².